The van der Waals surface area contributed by atoms with Crippen molar-refractivity contribution in [3.8, 4) is 23.0 Å². The lowest BCUT2D eigenvalue weighted by Crippen LogP contribution is -2.20. The van der Waals surface area contributed by atoms with E-state index in [1.54, 1.807) is 24.3 Å². The van der Waals surface area contributed by atoms with Crippen LogP contribution in [0.4, 0.5) is 0 Å². The van der Waals surface area contributed by atoms with Crippen LogP contribution < -0.4 is 9.47 Å². The summed E-state index contributed by atoms with van der Waals surface area (Å²) in [6, 6.07) is 9.31. The molecule has 21 heavy (non-hydrogen) atoms. The molecule has 0 unspecified atom stereocenters. The van der Waals surface area contributed by atoms with Crippen LogP contribution >= 0.6 is 0 Å². The minimum Gasteiger partial charge on any atom is -0.508 e. The Morgan fingerprint density at radius 1 is 1.14 bits per heavy atom. The Morgan fingerprint density at radius 3 is 2.52 bits per heavy atom. The monoisotopic (exact) mass is 286 g/mol. The van der Waals surface area contributed by atoms with Crippen LogP contribution in [0.15, 0.2) is 36.4 Å². The first-order valence-electron chi connectivity index (χ1n) is 6.48. The summed E-state index contributed by atoms with van der Waals surface area (Å²) in [5, 5.41) is 18.9. The van der Waals surface area contributed by atoms with Crippen LogP contribution in [0.5, 0.6) is 23.0 Å². The van der Waals surface area contributed by atoms with Crippen molar-refractivity contribution in [3.05, 3.63) is 47.5 Å². The molecular formula is C16H14O5. The predicted molar refractivity (Wildman–Crippen MR) is 75.1 cm³/mol. The average molecular weight is 286 g/mol. The topological polar surface area (TPSA) is 76.0 Å². The van der Waals surface area contributed by atoms with Crippen molar-refractivity contribution in [2.45, 2.75) is 12.5 Å². The van der Waals surface area contributed by atoms with Gasteiger partial charge in [0.2, 0.25) is 0 Å². The number of hydrogen-bond donors (Lipinski definition) is 2. The van der Waals surface area contributed by atoms with Gasteiger partial charge in [-0.25, -0.2) is 0 Å². The lowest BCUT2D eigenvalue weighted by molar-refractivity contribution is 0.0841. The van der Waals surface area contributed by atoms with Gasteiger partial charge >= 0.3 is 0 Å². The average Bonchev–Trinajstić information content (AvgIpc) is 2.48. The van der Waals surface area contributed by atoms with Gasteiger partial charge in [-0.3, -0.25) is 4.79 Å². The zero-order valence-electron chi connectivity index (χ0n) is 11.4. The first-order valence-corrected chi connectivity index (χ1v) is 6.48. The van der Waals surface area contributed by atoms with Crippen molar-refractivity contribution >= 4 is 5.78 Å². The minimum absolute atomic E-state index is 0.0365. The Morgan fingerprint density at radius 2 is 1.86 bits per heavy atom. The third-order valence-corrected chi connectivity index (χ3v) is 3.46. The molecule has 5 heteroatoms. The zero-order chi connectivity index (χ0) is 15.0. The molecule has 0 amide bonds. The van der Waals surface area contributed by atoms with E-state index in [-0.39, 0.29) is 23.7 Å². The van der Waals surface area contributed by atoms with Crippen molar-refractivity contribution in [2.75, 3.05) is 7.11 Å². The second-order valence-corrected chi connectivity index (χ2v) is 4.85. The molecule has 2 aromatic rings. The van der Waals surface area contributed by atoms with Gasteiger partial charge in [0.1, 0.15) is 17.6 Å². The van der Waals surface area contributed by atoms with Gasteiger partial charge in [-0.1, -0.05) is 12.1 Å². The van der Waals surface area contributed by atoms with Gasteiger partial charge in [0.25, 0.3) is 0 Å². The Labute approximate surface area is 121 Å². The van der Waals surface area contributed by atoms with Crippen LogP contribution in [0.2, 0.25) is 0 Å². The maximum absolute atomic E-state index is 12.3. The molecule has 108 valence electrons. The molecule has 1 heterocycles. The maximum atomic E-state index is 12.3. The third-order valence-electron chi connectivity index (χ3n) is 3.46. The summed E-state index contributed by atoms with van der Waals surface area (Å²) in [4.78, 5) is 12.3. The summed E-state index contributed by atoms with van der Waals surface area (Å²) in [6.07, 6.45) is -0.270. The zero-order valence-corrected chi connectivity index (χ0v) is 11.4. The van der Waals surface area contributed by atoms with Crippen molar-refractivity contribution in [1.29, 1.82) is 0 Å². The van der Waals surface area contributed by atoms with Crippen LogP contribution in [0.1, 0.15) is 28.4 Å². The number of ketones is 1. The van der Waals surface area contributed by atoms with Crippen molar-refractivity contribution < 1.29 is 24.5 Å². The first kappa shape index (κ1) is 13.3. The molecule has 0 aromatic heterocycles. The van der Waals surface area contributed by atoms with Gasteiger partial charge in [-0.2, -0.15) is 0 Å². The molecule has 0 saturated heterocycles. The number of Topliss-reactive ketones (excluding diaryl/α,β-unsaturated/α-hetero) is 1. The lowest BCUT2D eigenvalue weighted by atomic mass is 9.95. The number of phenols is 2. The molecule has 0 spiro atoms. The van der Waals surface area contributed by atoms with Crippen LogP contribution in [0, 0.1) is 0 Å². The first-order chi connectivity index (χ1) is 10.1. The van der Waals surface area contributed by atoms with E-state index in [9.17, 15) is 15.0 Å². The van der Waals surface area contributed by atoms with E-state index in [1.807, 2.05) is 0 Å². The summed E-state index contributed by atoms with van der Waals surface area (Å²) in [6.45, 7) is 0. The highest BCUT2D eigenvalue weighted by Crippen LogP contribution is 2.43. The number of rotatable bonds is 2. The molecule has 2 N–H and O–H groups in total. The number of aromatic hydroxyl groups is 2. The van der Waals surface area contributed by atoms with Crippen molar-refractivity contribution in [1.82, 2.24) is 0 Å². The van der Waals surface area contributed by atoms with E-state index in [0.717, 1.165) is 5.56 Å². The number of methoxy groups -OCH3 is 1. The number of carbonyl (C=O) groups is 1. The van der Waals surface area contributed by atoms with E-state index in [2.05, 4.69) is 0 Å². The quantitative estimate of drug-likeness (QED) is 0.887. The van der Waals surface area contributed by atoms with Crippen LogP contribution in [-0.4, -0.2) is 23.1 Å². The summed E-state index contributed by atoms with van der Waals surface area (Å²) in [7, 11) is 1.45. The molecule has 1 aliphatic heterocycles. The summed E-state index contributed by atoms with van der Waals surface area (Å²) in [5.41, 5.74) is 1.11. The molecule has 5 nitrogen and oxygen atoms in total. The smallest absolute Gasteiger partial charge is 0.173 e. The number of phenolic OH excluding ortho intramolecular Hbond substituents is 2. The Bertz CT molecular complexity index is 691. The molecule has 1 aliphatic rings. The molecule has 0 saturated carbocycles. The molecule has 1 atom stereocenters. The number of ether oxygens (including phenoxy) is 2. The van der Waals surface area contributed by atoms with Gasteiger partial charge in [-0.15, -0.1) is 0 Å². The van der Waals surface area contributed by atoms with E-state index in [0.29, 0.717) is 17.1 Å². The fourth-order valence-electron chi connectivity index (χ4n) is 2.41. The highest BCUT2D eigenvalue weighted by atomic mass is 16.5. The second-order valence-electron chi connectivity index (χ2n) is 4.85. The highest BCUT2D eigenvalue weighted by molar-refractivity contribution is 6.01. The van der Waals surface area contributed by atoms with Crippen LogP contribution in [0.3, 0.4) is 0 Å². The molecule has 0 fully saturated rings. The number of fused-ring (bicyclic) bond motifs is 1. The van der Waals surface area contributed by atoms with Gasteiger partial charge in [0.15, 0.2) is 17.3 Å². The van der Waals surface area contributed by atoms with Gasteiger partial charge in [-0.05, 0) is 23.8 Å². The molecule has 3 rings (SSSR count). The third kappa shape index (κ3) is 2.38. The fourth-order valence-corrected chi connectivity index (χ4v) is 2.41. The number of carbonyl (C=O) groups excluding carboxylic acids is 1. The largest absolute Gasteiger partial charge is 0.508 e. The van der Waals surface area contributed by atoms with Gasteiger partial charge in [0.05, 0.1) is 19.1 Å². The predicted octanol–water partition coefficient (Wildman–Crippen LogP) is 2.81. The highest BCUT2D eigenvalue weighted by Gasteiger charge is 2.30. The fraction of sp³-hybridized carbons (Fsp3) is 0.188. The SMILES string of the molecule is COc1cc(O)cc2c1O[C@@H](c1ccc(O)cc1)CC2=O. The van der Waals surface area contributed by atoms with Crippen molar-refractivity contribution in [2.24, 2.45) is 0 Å². The molecule has 0 radical (unpaired) electrons. The minimum atomic E-state index is -0.441. The van der Waals surface area contributed by atoms with Gasteiger partial charge in [0, 0.05) is 6.07 Å². The molecule has 2 aromatic carbocycles. The second kappa shape index (κ2) is 5.01. The normalized spacial score (nSPS) is 17.0. The number of hydrogen-bond acceptors (Lipinski definition) is 5. The summed E-state index contributed by atoms with van der Waals surface area (Å²) >= 11 is 0. The molecule has 0 bridgehead atoms. The standard InChI is InChI=1S/C16H14O5/c1-20-15-7-11(18)6-12-13(19)8-14(21-16(12)15)9-2-4-10(17)5-3-9/h2-7,14,17-18H,8H2,1H3/t14-/m1/s1. The summed E-state index contributed by atoms with van der Waals surface area (Å²) in [5.74, 6) is 0.657. The van der Waals surface area contributed by atoms with E-state index in [1.165, 1.54) is 19.2 Å². The Hall–Kier alpha value is -2.69. The lowest BCUT2D eigenvalue weighted by Gasteiger charge is -2.27. The maximum Gasteiger partial charge on any atom is 0.173 e. The van der Waals surface area contributed by atoms with E-state index >= 15 is 0 Å². The van der Waals surface area contributed by atoms with E-state index in [4.69, 9.17) is 9.47 Å². The van der Waals surface area contributed by atoms with Crippen LogP contribution in [-0.2, 0) is 0 Å². The van der Waals surface area contributed by atoms with Crippen LogP contribution in [0.25, 0.3) is 0 Å². The Kier molecular flexibility index (Phi) is 3.17. The number of benzene rings is 2. The summed E-state index contributed by atoms with van der Waals surface area (Å²) < 4.78 is 11.0. The Balaban J connectivity index is 2.01. The molecular weight excluding hydrogens is 272 g/mol. The van der Waals surface area contributed by atoms with Gasteiger partial charge < -0.3 is 19.7 Å². The van der Waals surface area contributed by atoms with Crippen molar-refractivity contribution in [3.63, 3.8) is 0 Å². The molecule has 0 aliphatic carbocycles. The van der Waals surface area contributed by atoms with E-state index < -0.39 is 6.10 Å².